The van der Waals surface area contributed by atoms with Crippen molar-refractivity contribution in [1.82, 2.24) is 15.1 Å². The maximum atomic E-state index is 12.6. The van der Waals surface area contributed by atoms with Crippen molar-refractivity contribution < 1.29 is 29.4 Å². The summed E-state index contributed by atoms with van der Waals surface area (Å²) >= 11 is 0. The number of hydrogen-bond acceptors (Lipinski definition) is 5. The van der Waals surface area contributed by atoms with Crippen LogP contribution in [0.15, 0.2) is 24.3 Å². The molecule has 2 aliphatic heterocycles. The maximum absolute atomic E-state index is 12.6. The number of carboxylic acid groups (broad SMARTS) is 1. The molecule has 3 rings (SSSR count). The molecule has 0 bridgehead atoms. The van der Waals surface area contributed by atoms with Crippen LogP contribution in [0.1, 0.15) is 17.5 Å². The second-order valence-corrected chi connectivity index (χ2v) is 6.28. The molecule has 138 valence electrons. The van der Waals surface area contributed by atoms with Gasteiger partial charge >= 0.3 is 12.0 Å². The van der Waals surface area contributed by atoms with Gasteiger partial charge in [0.15, 0.2) is 0 Å². The van der Waals surface area contributed by atoms with Gasteiger partial charge in [0.1, 0.15) is 12.1 Å². The lowest BCUT2D eigenvalue weighted by Crippen LogP contribution is -2.44. The number of carboxylic acids is 1. The third-order valence-electron chi connectivity index (χ3n) is 4.65. The van der Waals surface area contributed by atoms with E-state index in [4.69, 9.17) is 10.2 Å². The van der Waals surface area contributed by atoms with Crippen molar-refractivity contribution in [1.29, 1.82) is 0 Å². The number of imide groups is 1. The summed E-state index contributed by atoms with van der Waals surface area (Å²) in [4.78, 5) is 50.3. The molecule has 1 aromatic carbocycles. The van der Waals surface area contributed by atoms with Crippen molar-refractivity contribution in [2.75, 3.05) is 13.2 Å². The Kier molecular flexibility index (Phi) is 4.90. The van der Waals surface area contributed by atoms with Crippen LogP contribution in [0.25, 0.3) is 0 Å². The highest BCUT2D eigenvalue weighted by Gasteiger charge is 2.46. The molecule has 0 radical (unpaired) electrons. The highest BCUT2D eigenvalue weighted by atomic mass is 16.4. The first-order chi connectivity index (χ1) is 12.4. The second-order valence-electron chi connectivity index (χ2n) is 6.28. The van der Waals surface area contributed by atoms with E-state index in [-0.39, 0.29) is 18.9 Å². The largest absolute Gasteiger partial charge is 0.480 e. The van der Waals surface area contributed by atoms with Gasteiger partial charge in [-0.2, -0.15) is 0 Å². The third kappa shape index (κ3) is 3.25. The zero-order valence-electron chi connectivity index (χ0n) is 13.9. The number of aliphatic carboxylic acids is 1. The summed E-state index contributed by atoms with van der Waals surface area (Å²) in [6.45, 7) is -0.527. The summed E-state index contributed by atoms with van der Waals surface area (Å²) in [6.07, 6.45) is 0.212. The van der Waals surface area contributed by atoms with E-state index in [1.54, 1.807) is 0 Å². The number of carbonyl (C=O) groups is 4. The van der Waals surface area contributed by atoms with E-state index in [0.717, 1.165) is 16.0 Å². The molecular weight excluding hydrogens is 342 g/mol. The van der Waals surface area contributed by atoms with Gasteiger partial charge in [-0.05, 0) is 11.1 Å². The van der Waals surface area contributed by atoms with Gasteiger partial charge in [-0.25, -0.2) is 9.59 Å². The van der Waals surface area contributed by atoms with Crippen molar-refractivity contribution >= 4 is 23.8 Å². The van der Waals surface area contributed by atoms with E-state index in [0.29, 0.717) is 13.0 Å². The molecule has 4 amide bonds. The van der Waals surface area contributed by atoms with Crippen LogP contribution in [0, 0.1) is 0 Å². The minimum atomic E-state index is -1.41. The average Bonchev–Trinajstić information content (AvgIpc) is 2.86. The van der Waals surface area contributed by atoms with Crippen LogP contribution in [0.4, 0.5) is 4.79 Å². The number of fused-ring (bicyclic) bond motifs is 2. The van der Waals surface area contributed by atoms with Gasteiger partial charge in [-0.15, -0.1) is 0 Å². The lowest BCUT2D eigenvalue weighted by molar-refractivity contribution is -0.143. The fourth-order valence-corrected chi connectivity index (χ4v) is 3.25. The standard InChI is InChI=1S/C17H19N3O6/c21-9-12(16(24)25)18-14(22)5-6-19-15(23)13-7-10-3-1-2-4-11(10)8-20(13)17(19)26/h1-4,12-13,21H,5-9H2,(H,18,22)(H,24,25). The van der Waals surface area contributed by atoms with Crippen molar-refractivity contribution in [3.8, 4) is 0 Å². The maximum Gasteiger partial charge on any atom is 0.328 e. The molecular formula is C17H19N3O6. The number of amides is 4. The van der Waals surface area contributed by atoms with E-state index < -0.39 is 36.6 Å². The molecule has 3 N–H and O–H groups in total. The number of urea groups is 1. The number of aliphatic hydroxyl groups excluding tert-OH is 1. The topological polar surface area (TPSA) is 127 Å². The molecule has 1 saturated heterocycles. The summed E-state index contributed by atoms with van der Waals surface area (Å²) in [5, 5.41) is 19.9. The smallest absolute Gasteiger partial charge is 0.328 e. The molecule has 0 spiro atoms. The molecule has 0 aliphatic carbocycles. The van der Waals surface area contributed by atoms with Crippen LogP contribution in [-0.2, 0) is 27.3 Å². The second kappa shape index (κ2) is 7.12. The predicted octanol–water partition coefficient (Wildman–Crippen LogP) is -0.673. The number of aliphatic hydroxyl groups is 1. The molecule has 2 heterocycles. The van der Waals surface area contributed by atoms with E-state index >= 15 is 0 Å². The Balaban J connectivity index is 1.62. The Labute approximate surface area is 149 Å². The van der Waals surface area contributed by atoms with Crippen LogP contribution in [0.2, 0.25) is 0 Å². The van der Waals surface area contributed by atoms with Crippen molar-refractivity contribution in [2.45, 2.75) is 31.5 Å². The summed E-state index contributed by atoms with van der Waals surface area (Å²) < 4.78 is 0. The van der Waals surface area contributed by atoms with Crippen molar-refractivity contribution in [2.24, 2.45) is 0 Å². The number of hydrogen-bond donors (Lipinski definition) is 3. The lowest BCUT2D eigenvalue weighted by atomic mass is 9.95. The molecule has 1 fully saturated rings. The Morgan fingerprint density at radius 1 is 1.23 bits per heavy atom. The van der Waals surface area contributed by atoms with Gasteiger partial charge in [0, 0.05) is 25.9 Å². The summed E-state index contributed by atoms with van der Waals surface area (Å²) in [7, 11) is 0. The van der Waals surface area contributed by atoms with Crippen LogP contribution < -0.4 is 5.32 Å². The average molecular weight is 361 g/mol. The van der Waals surface area contributed by atoms with Crippen LogP contribution in [-0.4, -0.2) is 69.1 Å². The van der Waals surface area contributed by atoms with Gasteiger partial charge in [0.2, 0.25) is 5.91 Å². The Hall–Kier alpha value is -2.94. The highest BCUT2D eigenvalue weighted by Crippen LogP contribution is 2.29. The van der Waals surface area contributed by atoms with Gasteiger partial charge in [-0.1, -0.05) is 24.3 Å². The van der Waals surface area contributed by atoms with E-state index in [1.165, 1.54) is 4.90 Å². The SMILES string of the molecule is O=C(CCN1C(=O)C2Cc3ccccc3CN2C1=O)NC(CO)C(=O)O. The minimum absolute atomic E-state index is 0.134. The zero-order chi connectivity index (χ0) is 18.8. The van der Waals surface area contributed by atoms with Crippen LogP contribution >= 0.6 is 0 Å². The Morgan fingerprint density at radius 2 is 1.92 bits per heavy atom. The first-order valence-electron chi connectivity index (χ1n) is 8.24. The number of nitrogens with one attached hydrogen (secondary N) is 1. The zero-order valence-corrected chi connectivity index (χ0v) is 13.9. The predicted molar refractivity (Wildman–Crippen MR) is 87.9 cm³/mol. The minimum Gasteiger partial charge on any atom is -0.480 e. The quantitative estimate of drug-likeness (QED) is 0.577. The summed E-state index contributed by atoms with van der Waals surface area (Å²) in [5.41, 5.74) is 2.03. The van der Waals surface area contributed by atoms with Gasteiger partial charge in [0.05, 0.1) is 6.61 Å². The van der Waals surface area contributed by atoms with Crippen molar-refractivity contribution in [3.63, 3.8) is 0 Å². The molecule has 9 nitrogen and oxygen atoms in total. The van der Waals surface area contributed by atoms with Crippen LogP contribution in [0.3, 0.4) is 0 Å². The number of benzene rings is 1. The molecule has 0 saturated carbocycles. The molecule has 1 aromatic rings. The van der Waals surface area contributed by atoms with Gasteiger partial charge < -0.3 is 20.4 Å². The summed E-state index contributed by atoms with van der Waals surface area (Å²) in [6, 6.07) is 5.20. The fourth-order valence-electron chi connectivity index (χ4n) is 3.25. The molecule has 2 atom stereocenters. The lowest BCUT2D eigenvalue weighted by Gasteiger charge is -2.28. The fraction of sp³-hybridized carbons (Fsp3) is 0.412. The third-order valence-corrected chi connectivity index (χ3v) is 4.65. The molecule has 9 heteroatoms. The molecule has 2 unspecified atom stereocenters. The first-order valence-corrected chi connectivity index (χ1v) is 8.24. The van der Waals surface area contributed by atoms with E-state index in [9.17, 15) is 19.2 Å². The number of carbonyl (C=O) groups excluding carboxylic acids is 3. The van der Waals surface area contributed by atoms with Gasteiger partial charge in [-0.3, -0.25) is 14.5 Å². The molecule has 0 aromatic heterocycles. The van der Waals surface area contributed by atoms with E-state index in [1.807, 2.05) is 24.3 Å². The first kappa shape index (κ1) is 17.9. The highest BCUT2D eigenvalue weighted by molar-refractivity contribution is 6.05. The molecule has 26 heavy (non-hydrogen) atoms. The number of rotatable bonds is 6. The normalized spacial score (nSPS) is 19.8. The van der Waals surface area contributed by atoms with Gasteiger partial charge in [0.25, 0.3) is 5.91 Å². The number of nitrogens with zero attached hydrogens (tertiary/aromatic N) is 2. The monoisotopic (exact) mass is 361 g/mol. The van der Waals surface area contributed by atoms with E-state index in [2.05, 4.69) is 5.32 Å². The van der Waals surface area contributed by atoms with Crippen molar-refractivity contribution in [3.05, 3.63) is 35.4 Å². The summed E-state index contributed by atoms with van der Waals surface area (Å²) in [5.74, 6) is -2.36. The Morgan fingerprint density at radius 3 is 2.58 bits per heavy atom. The Bertz CT molecular complexity index is 722. The molecule has 2 aliphatic rings. The van der Waals surface area contributed by atoms with Crippen LogP contribution in [0.5, 0.6) is 0 Å².